The topological polar surface area (TPSA) is 59.0 Å². The number of imidazole rings is 1. The molecule has 5 heteroatoms. The van der Waals surface area contributed by atoms with Crippen molar-refractivity contribution in [3.8, 4) is 0 Å². The lowest BCUT2D eigenvalue weighted by molar-refractivity contribution is -0.117. The normalized spacial score (nSPS) is 12.5. The van der Waals surface area contributed by atoms with Crippen molar-refractivity contribution in [1.82, 2.24) is 14.9 Å². The second kappa shape index (κ2) is 4.04. The van der Waals surface area contributed by atoms with Crippen molar-refractivity contribution in [2.75, 3.05) is 12.4 Å². The summed E-state index contributed by atoms with van der Waals surface area (Å²) in [6.07, 6.45) is 3.42. The van der Waals surface area contributed by atoms with Gasteiger partial charge in [-0.25, -0.2) is 4.98 Å². The highest BCUT2D eigenvalue weighted by Crippen LogP contribution is 2.00. The fourth-order valence-corrected chi connectivity index (χ4v) is 0.836. The number of hydrogen-bond acceptors (Lipinski definition) is 3. The first-order valence-corrected chi connectivity index (χ1v) is 4.10. The monoisotopic (exact) mass is 182 g/mol. The summed E-state index contributed by atoms with van der Waals surface area (Å²) >= 11 is 0. The summed E-state index contributed by atoms with van der Waals surface area (Å²) in [5.41, 5.74) is 0. The molecule has 0 bridgehead atoms. The van der Waals surface area contributed by atoms with Crippen LogP contribution in [0.5, 0.6) is 0 Å². The Hall–Kier alpha value is -1.36. The lowest BCUT2D eigenvalue weighted by Crippen LogP contribution is -2.36. The molecule has 0 radical (unpaired) electrons. The molecular formula is C8H14N4O. The smallest absolute Gasteiger partial charge is 0.243 e. The maximum Gasteiger partial charge on any atom is 0.243 e. The Morgan fingerprint density at radius 3 is 2.85 bits per heavy atom. The number of carbonyl (C=O) groups excluding carboxylic acids is 1. The second-order valence-electron chi connectivity index (χ2n) is 2.86. The Morgan fingerprint density at radius 2 is 2.38 bits per heavy atom. The average Bonchev–Trinajstić information content (AvgIpc) is 2.50. The van der Waals surface area contributed by atoms with Gasteiger partial charge in [-0.2, -0.15) is 0 Å². The lowest BCUT2D eigenvalue weighted by Gasteiger charge is -2.09. The Kier molecular flexibility index (Phi) is 3.02. The molecule has 0 spiro atoms. The fourth-order valence-electron chi connectivity index (χ4n) is 0.836. The molecule has 0 aliphatic heterocycles. The van der Waals surface area contributed by atoms with Gasteiger partial charge in [-0.1, -0.05) is 0 Å². The van der Waals surface area contributed by atoms with Crippen molar-refractivity contribution >= 4 is 11.9 Å². The highest BCUT2D eigenvalue weighted by Gasteiger charge is 2.11. The van der Waals surface area contributed by atoms with Crippen LogP contribution in [0, 0.1) is 0 Å². The number of rotatable bonds is 3. The van der Waals surface area contributed by atoms with E-state index in [1.54, 1.807) is 30.9 Å². The van der Waals surface area contributed by atoms with Gasteiger partial charge in [0.05, 0.1) is 6.04 Å². The van der Waals surface area contributed by atoms with Crippen LogP contribution in [0.3, 0.4) is 0 Å². The van der Waals surface area contributed by atoms with E-state index < -0.39 is 0 Å². The standard InChI is InChI=1S/C8H14N4O/c1-6(9-2)7(13)11-8-10-4-5-12(8)3/h4-6,9H,1-3H3,(H,10,11,13)/t6-/m0/s1. The minimum atomic E-state index is -0.211. The van der Waals surface area contributed by atoms with Crippen LogP contribution >= 0.6 is 0 Å². The third kappa shape index (κ3) is 2.29. The third-order valence-electron chi connectivity index (χ3n) is 1.88. The van der Waals surface area contributed by atoms with E-state index in [9.17, 15) is 4.79 Å². The van der Waals surface area contributed by atoms with Crippen molar-refractivity contribution in [2.45, 2.75) is 13.0 Å². The number of aryl methyl sites for hydroxylation is 1. The first-order chi connectivity index (χ1) is 6.15. The number of amides is 1. The van der Waals surface area contributed by atoms with E-state index in [1.807, 2.05) is 7.05 Å². The SMILES string of the molecule is CN[C@@H](C)C(=O)Nc1nccn1C. The minimum Gasteiger partial charge on any atom is -0.320 e. The van der Waals surface area contributed by atoms with Crippen LogP contribution in [0.1, 0.15) is 6.92 Å². The summed E-state index contributed by atoms with van der Waals surface area (Å²) in [4.78, 5) is 15.3. The van der Waals surface area contributed by atoms with Crippen molar-refractivity contribution in [3.05, 3.63) is 12.4 Å². The van der Waals surface area contributed by atoms with Crippen LogP contribution in [-0.4, -0.2) is 28.5 Å². The van der Waals surface area contributed by atoms with Gasteiger partial charge in [0.2, 0.25) is 11.9 Å². The molecule has 0 aliphatic carbocycles. The predicted octanol–water partition coefficient (Wildman–Crippen LogP) is -0.0335. The molecule has 2 N–H and O–H groups in total. The van der Waals surface area contributed by atoms with Gasteiger partial charge in [-0.15, -0.1) is 0 Å². The van der Waals surface area contributed by atoms with Gasteiger partial charge in [-0.3, -0.25) is 10.1 Å². The molecule has 0 fully saturated rings. The van der Waals surface area contributed by atoms with Crippen molar-refractivity contribution in [1.29, 1.82) is 0 Å². The van der Waals surface area contributed by atoms with E-state index in [-0.39, 0.29) is 11.9 Å². The first-order valence-electron chi connectivity index (χ1n) is 4.10. The summed E-state index contributed by atoms with van der Waals surface area (Å²) in [5, 5.41) is 5.54. The van der Waals surface area contributed by atoms with Gasteiger partial charge in [0.1, 0.15) is 0 Å². The van der Waals surface area contributed by atoms with Crippen LogP contribution in [-0.2, 0) is 11.8 Å². The number of likely N-dealkylation sites (N-methyl/N-ethyl adjacent to an activating group) is 1. The summed E-state index contributed by atoms with van der Waals surface area (Å²) < 4.78 is 1.75. The Bertz CT molecular complexity index is 294. The summed E-state index contributed by atoms with van der Waals surface area (Å²) in [7, 11) is 3.56. The molecular weight excluding hydrogens is 168 g/mol. The minimum absolute atomic E-state index is 0.0863. The van der Waals surface area contributed by atoms with Gasteiger partial charge >= 0.3 is 0 Å². The van der Waals surface area contributed by atoms with E-state index in [4.69, 9.17) is 0 Å². The summed E-state index contributed by atoms with van der Waals surface area (Å²) in [6.45, 7) is 1.79. The molecule has 72 valence electrons. The largest absolute Gasteiger partial charge is 0.320 e. The zero-order chi connectivity index (χ0) is 9.84. The molecule has 0 saturated heterocycles. The number of nitrogens with zero attached hydrogens (tertiary/aromatic N) is 2. The molecule has 1 aromatic rings. The van der Waals surface area contributed by atoms with E-state index >= 15 is 0 Å². The zero-order valence-electron chi connectivity index (χ0n) is 8.03. The number of nitrogens with one attached hydrogen (secondary N) is 2. The highest BCUT2D eigenvalue weighted by molar-refractivity contribution is 5.93. The molecule has 1 rings (SSSR count). The Labute approximate surface area is 77.2 Å². The molecule has 1 atom stereocenters. The van der Waals surface area contributed by atoms with Crippen LogP contribution in [0.4, 0.5) is 5.95 Å². The molecule has 1 heterocycles. The van der Waals surface area contributed by atoms with Gasteiger partial charge in [0, 0.05) is 19.4 Å². The van der Waals surface area contributed by atoms with Crippen LogP contribution in [0.2, 0.25) is 0 Å². The van der Waals surface area contributed by atoms with Gasteiger partial charge in [0.25, 0.3) is 0 Å². The third-order valence-corrected chi connectivity index (χ3v) is 1.88. The fraction of sp³-hybridized carbons (Fsp3) is 0.500. The molecule has 0 unspecified atom stereocenters. The van der Waals surface area contributed by atoms with Gasteiger partial charge in [-0.05, 0) is 14.0 Å². The number of hydrogen-bond donors (Lipinski definition) is 2. The van der Waals surface area contributed by atoms with Crippen molar-refractivity contribution in [3.63, 3.8) is 0 Å². The van der Waals surface area contributed by atoms with Crippen molar-refractivity contribution in [2.24, 2.45) is 7.05 Å². The molecule has 0 aliphatic rings. The molecule has 0 aromatic carbocycles. The van der Waals surface area contributed by atoms with Crippen molar-refractivity contribution < 1.29 is 4.79 Å². The lowest BCUT2D eigenvalue weighted by atomic mass is 10.3. The maximum atomic E-state index is 11.4. The molecule has 13 heavy (non-hydrogen) atoms. The van der Waals surface area contributed by atoms with Crippen LogP contribution < -0.4 is 10.6 Å². The molecule has 1 aromatic heterocycles. The number of carbonyl (C=O) groups is 1. The number of aromatic nitrogens is 2. The van der Waals surface area contributed by atoms with E-state index in [0.717, 1.165) is 0 Å². The van der Waals surface area contributed by atoms with E-state index in [1.165, 1.54) is 0 Å². The predicted molar refractivity (Wildman–Crippen MR) is 50.4 cm³/mol. The Balaban J connectivity index is 2.60. The van der Waals surface area contributed by atoms with E-state index in [0.29, 0.717) is 5.95 Å². The van der Waals surface area contributed by atoms with Gasteiger partial charge < -0.3 is 9.88 Å². The second-order valence-corrected chi connectivity index (χ2v) is 2.86. The zero-order valence-corrected chi connectivity index (χ0v) is 8.03. The molecule has 5 nitrogen and oxygen atoms in total. The summed E-state index contributed by atoms with van der Waals surface area (Å²) in [5.74, 6) is 0.476. The average molecular weight is 182 g/mol. The van der Waals surface area contributed by atoms with Gasteiger partial charge in [0.15, 0.2) is 0 Å². The molecule has 0 saturated carbocycles. The van der Waals surface area contributed by atoms with Crippen LogP contribution in [0.15, 0.2) is 12.4 Å². The Morgan fingerprint density at radius 1 is 1.69 bits per heavy atom. The molecule has 1 amide bonds. The number of anilines is 1. The quantitative estimate of drug-likeness (QED) is 0.690. The first kappa shape index (κ1) is 9.73. The van der Waals surface area contributed by atoms with E-state index in [2.05, 4.69) is 15.6 Å². The summed E-state index contributed by atoms with van der Waals surface area (Å²) in [6, 6.07) is -0.211. The highest BCUT2D eigenvalue weighted by atomic mass is 16.2. The maximum absolute atomic E-state index is 11.4. The van der Waals surface area contributed by atoms with Crippen LogP contribution in [0.25, 0.3) is 0 Å².